The monoisotopic (exact) mass is 478 g/mol. The first kappa shape index (κ1) is 24.6. The molecule has 0 radical (unpaired) electrons. The Hall–Kier alpha value is -4.09. The third kappa shape index (κ3) is 5.27. The number of nitrogens with zero attached hydrogens (tertiary/aromatic N) is 2. The molecule has 10 nitrogen and oxygen atoms in total. The topological polar surface area (TPSA) is 125 Å². The number of halogens is 2. The molecule has 0 unspecified atom stereocenters. The molecule has 180 valence electrons. The fourth-order valence-electron chi connectivity index (χ4n) is 3.44. The zero-order valence-corrected chi connectivity index (χ0v) is 18.2. The van der Waals surface area contributed by atoms with Gasteiger partial charge in [-0.25, -0.2) is 0 Å². The zero-order chi connectivity index (χ0) is 25.0. The van der Waals surface area contributed by atoms with Crippen LogP contribution >= 0.6 is 0 Å². The van der Waals surface area contributed by atoms with Crippen molar-refractivity contribution in [2.24, 2.45) is 0 Å². The standard InChI is InChI=1S/C22H20F2N2O8/c1-12-5-6-14-15(8-12)21(29)25(20(14)28)7-3-4-19(27)33-11-13-9-17(32-2)18(34-22(23)24)10-16(13)26(30)31/h5-6,8-10,22H,3-4,7,11H2,1-2H3. The van der Waals surface area contributed by atoms with Crippen LogP contribution in [0.25, 0.3) is 0 Å². The molecule has 0 aromatic heterocycles. The van der Waals surface area contributed by atoms with E-state index in [2.05, 4.69) is 4.74 Å². The van der Waals surface area contributed by atoms with Crippen molar-refractivity contribution < 1.29 is 42.3 Å². The number of esters is 1. The zero-order valence-electron chi connectivity index (χ0n) is 18.2. The van der Waals surface area contributed by atoms with Gasteiger partial charge < -0.3 is 14.2 Å². The van der Waals surface area contributed by atoms with Gasteiger partial charge in [0.1, 0.15) is 6.61 Å². The minimum absolute atomic E-state index is 0.00582. The third-order valence-corrected chi connectivity index (χ3v) is 5.06. The molecular formula is C22H20F2N2O8. The molecule has 0 atom stereocenters. The number of alkyl halides is 2. The van der Waals surface area contributed by atoms with Crippen LogP contribution in [0.1, 0.15) is 44.7 Å². The summed E-state index contributed by atoms with van der Waals surface area (Å²) in [7, 11) is 1.16. The first-order valence-electron chi connectivity index (χ1n) is 10.0. The summed E-state index contributed by atoms with van der Waals surface area (Å²) in [4.78, 5) is 48.5. The first-order valence-corrected chi connectivity index (χ1v) is 10.0. The Labute approximate surface area is 192 Å². The summed E-state index contributed by atoms with van der Waals surface area (Å²) in [5.74, 6) is -2.34. The molecule has 1 aliphatic heterocycles. The molecule has 2 amide bonds. The predicted octanol–water partition coefficient (Wildman–Crippen LogP) is 3.63. The Bertz CT molecular complexity index is 1150. The van der Waals surface area contributed by atoms with E-state index in [1.54, 1.807) is 25.1 Å². The van der Waals surface area contributed by atoms with Crippen LogP contribution < -0.4 is 9.47 Å². The van der Waals surface area contributed by atoms with Crippen molar-refractivity contribution in [2.75, 3.05) is 13.7 Å². The van der Waals surface area contributed by atoms with E-state index in [1.165, 1.54) is 0 Å². The summed E-state index contributed by atoms with van der Waals surface area (Å²) < 4.78 is 39.3. The van der Waals surface area contributed by atoms with Gasteiger partial charge in [0.15, 0.2) is 11.5 Å². The van der Waals surface area contributed by atoms with Crippen molar-refractivity contribution in [3.63, 3.8) is 0 Å². The highest BCUT2D eigenvalue weighted by Gasteiger charge is 2.35. The molecule has 3 rings (SSSR count). The number of fused-ring (bicyclic) bond motifs is 1. The molecule has 0 saturated carbocycles. The maximum absolute atomic E-state index is 12.5. The molecule has 34 heavy (non-hydrogen) atoms. The molecule has 2 aromatic rings. The summed E-state index contributed by atoms with van der Waals surface area (Å²) in [6.07, 6.45) is -0.0419. The normalized spacial score (nSPS) is 12.7. The van der Waals surface area contributed by atoms with Crippen LogP contribution in [0.5, 0.6) is 11.5 Å². The molecule has 0 aliphatic carbocycles. The van der Waals surface area contributed by atoms with Crippen LogP contribution in [0.3, 0.4) is 0 Å². The van der Waals surface area contributed by atoms with E-state index in [0.29, 0.717) is 11.1 Å². The van der Waals surface area contributed by atoms with Crippen LogP contribution in [0.15, 0.2) is 30.3 Å². The fraction of sp³-hybridized carbons (Fsp3) is 0.318. The number of carbonyl (C=O) groups excluding carboxylic acids is 3. The molecule has 2 aromatic carbocycles. The smallest absolute Gasteiger partial charge is 0.387 e. The van der Waals surface area contributed by atoms with Crippen LogP contribution in [0, 0.1) is 17.0 Å². The number of methoxy groups -OCH3 is 1. The average molecular weight is 478 g/mol. The third-order valence-electron chi connectivity index (χ3n) is 5.06. The van der Waals surface area contributed by atoms with Gasteiger partial charge in [-0.05, 0) is 31.5 Å². The molecule has 0 saturated heterocycles. The minimum Gasteiger partial charge on any atom is -0.493 e. The molecular weight excluding hydrogens is 458 g/mol. The Morgan fingerprint density at radius 2 is 1.82 bits per heavy atom. The second kappa shape index (κ2) is 10.2. The Balaban J connectivity index is 1.59. The van der Waals surface area contributed by atoms with E-state index >= 15 is 0 Å². The van der Waals surface area contributed by atoms with Crippen molar-refractivity contribution >= 4 is 23.5 Å². The fourth-order valence-corrected chi connectivity index (χ4v) is 3.44. The Morgan fingerprint density at radius 3 is 2.47 bits per heavy atom. The Kier molecular flexibility index (Phi) is 7.39. The van der Waals surface area contributed by atoms with Crippen molar-refractivity contribution in [1.29, 1.82) is 0 Å². The van der Waals surface area contributed by atoms with E-state index in [0.717, 1.165) is 29.7 Å². The van der Waals surface area contributed by atoms with Gasteiger partial charge in [-0.15, -0.1) is 0 Å². The minimum atomic E-state index is -3.22. The summed E-state index contributed by atoms with van der Waals surface area (Å²) in [6, 6.07) is 6.77. The number of nitro benzene ring substituents is 1. The number of ether oxygens (including phenoxy) is 3. The van der Waals surface area contributed by atoms with E-state index in [4.69, 9.17) is 9.47 Å². The number of aryl methyl sites for hydroxylation is 1. The lowest BCUT2D eigenvalue weighted by molar-refractivity contribution is -0.386. The largest absolute Gasteiger partial charge is 0.493 e. The number of amides is 2. The molecule has 1 aliphatic rings. The van der Waals surface area contributed by atoms with Gasteiger partial charge in [-0.3, -0.25) is 29.4 Å². The maximum atomic E-state index is 12.5. The lowest BCUT2D eigenvalue weighted by Crippen LogP contribution is -2.31. The molecule has 1 heterocycles. The van der Waals surface area contributed by atoms with Gasteiger partial charge in [0.05, 0.1) is 34.8 Å². The van der Waals surface area contributed by atoms with Crippen LogP contribution in [-0.4, -0.2) is 47.9 Å². The highest BCUT2D eigenvalue weighted by Crippen LogP contribution is 2.36. The van der Waals surface area contributed by atoms with Gasteiger partial charge in [-0.1, -0.05) is 11.6 Å². The molecule has 12 heteroatoms. The quantitative estimate of drug-likeness (QED) is 0.219. The van der Waals surface area contributed by atoms with Crippen molar-refractivity contribution in [3.8, 4) is 11.5 Å². The molecule has 0 bridgehead atoms. The van der Waals surface area contributed by atoms with E-state index in [9.17, 15) is 33.3 Å². The lowest BCUT2D eigenvalue weighted by atomic mass is 10.1. The van der Waals surface area contributed by atoms with E-state index in [1.807, 2.05) is 0 Å². The number of benzene rings is 2. The van der Waals surface area contributed by atoms with Crippen LogP contribution in [0.4, 0.5) is 14.5 Å². The Morgan fingerprint density at radius 1 is 1.12 bits per heavy atom. The average Bonchev–Trinajstić information content (AvgIpc) is 3.01. The maximum Gasteiger partial charge on any atom is 0.387 e. The summed E-state index contributed by atoms with van der Waals surface area (Å²) in [5, 5.41) is 11.3. The van der Waals surface area contributed by atoms with Crippen LogP contribution in [-0.2, 0) is 16.1 Å². The van der Waals surface area contributed by atoms with E-state index < -0.39 is 47.4 Å². The number of rotatable bonds is 10. The second-order valence-electron chi connectivity index (χ2n) is 7.34. The van der Waals surface area contributed by atoms with E-state index in [-0.39, 0.29) is 30.7 Å². The molecule has 0 N–H and O–H groups in total. The highest BCUT2D eigenvalue weighted by atomic mass is 19.3. The lowest BCUT2D eigenvalue weighted by Gasteiger charge is -2.14. The number of imide groups is 1. The predicted molar refractivity (Wildman–Crippen MR) is 112 cm³/mol. The van der Waals surface area contributed by atoms with Gasteiger partial charge in [0.2, 0.25) is 0 Å². The van der Waals surface area contributed by atoms with Gasteiger partial charge in [-0.2, -0.15) is 8.78 Å². The van der Waals surface area contributed by atoms with Crippen molar-refractivity contribution in [2.45, 2.75) is 33.0 Å². The summed E-state index contributed by atoms with van der Waals surface area (Å²) >= 11 is 0. The number of hydrogen-bond acceptors (Lipinski definition) is 8. The van der Waals surface area contributed by atoms with Crippen LogP contribution in [0.2, 0.25) is 0 Å². The molecule has 0 fully saturated rings. The first-order chi connectivity index (χ1) is 16.1. The number of hydrogen-bond donors (Lipinski definition) is 0. The van der Waals surface area contributed by atoms with Gasteiger partial charge in [0, 0.05) is 13.0 Å². The van der Waals surface area contributed by atoms with Gasteiger partial charge in [0.25, 0.3) is 17.5 Å². The SMILES string of the molecule is COc1cc(COC(=O)CCCN2C(=O)c3ccc(C)cc3C2=O)c([N+](=O)[O-])cc1OC(F)F. The highest BCUT2D eigenvalue weighted by molar-refractivity contribution is 6.21. The number of carbonyl (C=O) groups is 3. The van der Waals surface area contributed by atoms with Crippen molar-refractivity contribution in [1.82, 2.24) is 4.90 Å². The second-order valence-corrected chi connectivity index (χ2v) is 7.34. The van der Waals surface area contributed by atoms with Gasteiger partial charge >= 0.3 is 12.6 Å². The summed E-state index contributed by atoms with van der Waals surface area (Å²) in [5.41, 5.74) is 0.773. The molecule has 0 spiro atoms. The summed E-state index contributed by atoms with van der Waals surface area (Å²) in [6.45, 7) is -1.94. The number of nitro groups is 1. The van der Waals surface area contributed by atoms with Crippen molar-refractivity contribution in [3.05, 3.63) is 62.7 Å².